The Balaban J connectivity index is 1.58. The van der Waals surface area contributed by atoms with Crippen LogP contribution in [0.5, 0.6) is 0 Å². The number of nitro benzene ring substituents is 1. The minimum Gasteiger partial charge on any atom is -0.459 e. The highest BCUT2D eigenvalue weighted by molar-refractivity contribution is 6.33. The molecule has 1 saturated heterocycles. The lowest BCUT2D eigenvalue weighted by Crippen LogP contribution is -2.36. The molecular formula is C22H20ClN3O6. The summed E-state index contributed by atoms with van der Waals surface area (Å²) < 4.78 is 10.8. The number of hydrogen-bond acceptors (Lipinski definition) is 7. The molecular weight excluding hydrogens is 438 g/mol. The van der Waals surface area contributed by atoms with Crippen LogP contribution in [0.4, 0.5) is 17.1 Å². The van der Waals surface area contributed by atoms with Crippen molar-refractivity contribution in [2.24, 2.45) is 0 Å². The van der Waals surface area contributed by atoms with Crippen LogP contribution in [0.3, 0.4) is 0 Å². The van der Waals surface area contributed by atoms with Gasteiger partial charge in [-0.15, -0.1) is 0 Å². The second kappa shape index (κ2) is 9.39. The van der Waals surface area contributed by atoms with Crippen molar-refractivity contribution in [1.29, 1.82) is 0 Å². The molecule has 0 spiro atoms. The maximum atomic E-state index is 12.8. The van der Waals surface area contributed by atoms with Crippen molar-refractivity contribution in [1.82, 2.24) is 0 Å². The van der Waals surface area contributed by atoms with Gasteiger partial charge in [-0.1, -0.05) is 11.6 Å². The number of halogens is 1. The largest absolute Gasteiger partial charge is 0.459 e. The summed E-state index contributed by atoms with van der Waals surface area (Å²) in [7, 11) is 0. The summed E-state index contributed by atoms with van der Waals surface area (Å²) in [6.07, 6.45) is 0. The highest BCUT2D eigenvalue weighted by Gasteiger charge is 2.23. The summed E-state index contributed by atoms with van der Waals surface area (Å²) in [5, 5.41) is 24.0. The Kier molecular flexibility index (Phi) is 6.40. The van der Waals surface area contributed by atoms with Crippen LogP contribution in [0.15, 0.2) is 52.9 Å². The first kappa shape index (κ1) is 21.8. The second-order valence-electron chi connectivity index (χ2n) is 7.13. The molecule has 0 saturated carbocycles. The first-order chi connectivity index (χ1) is 15.5. The smallest absolute Gasteiger partial charge is 0.293 e. The molecule has 0 unspecified atom stereocenters. The Morgan fingerprint density at radius 3 is 2.62 bits per heavy atom. The Hall–Kier alpha value is -3.40. The molecule has 0 bridgehead atoms. The number of furan rings is 1. The number of ether oxygens (including phenoxy) is 1. The molecule has 2 aromatic carbocycles. The maximum Gasteiger partial charge on any atom is 0.293 e. The van der Waals surface area contributed by atoms with Gasteiger partial charge in [0.1, 0.15) is 23.8 Å². The van der Waals surface area contributed by atoms with Crippen molar-refractivity contribution < 1.29 is 24.0 Å². The number of nitrogens with one attached hydrogen (secondary N) is 1. The third-order valence-corrected chi connectivity index (χ3v) is 5.42. The van der Waals surface area contributed by atoms with Gasteiger partial charge in [-0.3, -0.25) is 14.9 Å². The molecule has 9 nitrogen and oxygen atoms in total. The number of morpholine rings is 1. The van der Waals surface area contributed by atoms with Crippen molar-refractivity contribution >= 4 is 34.6 Å². The molecule has 32 heavy (non-hydrogen) atoms. The molecule has 0 atom stereocenters. The van der Waals surface area contributed by atoms with Crippen molar-refractivity contribution in [3.05, 3.63) is 75.0 Å². The fourth-order valence-electron chi connectivity index (χ4n) is 3.49. The zero-order valence-electron chi connectivity index (χ0n) is 16.9. The number of carbonyl (C=O) groups excluding carboxylic acids is 1. The summed E-state index contributed by atoms with van der Waals surface area (Å²) in [5.74, 6) is 0.337. The van der Waals surface area contributed by atoms with Gasteiger partial charge >= 0.3 is 0 Å². The summed E-state index contributed by atoms with van der Waals surface area (Å²) in [6, 6.07) is 12.6. The second-order valence-corrected chi connectivity index (χ2v) is 7.54. The quantitative estimate of drug-likeness (QED) is 0.422. The number of carbonyl (C=O) groups is 1. The van der Waals surface area contributed by atoms with Crippen LogP contribution < -0.4 is 10.2 Å². The van der Waals surface area contributed by atoms with Crippen LogP contribution in [-0.2, 0) is 11.3 Å². The van der Waals surface area contributed by atoms with Crippen LogP contribution in [-0.4, -0.2) is 42.2 Å². The summed E-state index contributed by atoms with van der Waals surface area (Å²) in [4.78, 5) is 25.8. The lowest BCUT2D eigenvalue weighted by molar-refractivity contribution is -0.384. The zero-order valence-corrected chi connectivity index (χ0v) is 17.7. The molecule has 2 N–H and O–H groups in total. The number of aliphatic hydroxyl groups is 1. The van der Waals surface area contributed by atoms with E-state index in [-0.39, 0.29) is 17.9 Å². The van der Waals surface area contributed by atoms with Gasteiger partial charge < -0.3 is 24.5 Å². The Bertz CT molecular complexity index is 1160. The maximum absolute atomic E-state index is 12.8. The van der Waals surface area contributed by atoms with Crippen molar-refractivity contribution in [2.75, 3.05) is 36.5 Å². The normalized spacial score (nSPS) is 13.8. The minimum absolute atomic E-state index is 0.136. The SMILES string of the molecule is O=C(Nc1ccc(Cl)c(-c2ccc(CO)o2)c1)c1ccc(N2CCOCC2)c([N+](=O)[O-])c1. The molecule has 3 aromatic rings. The highest BCUT2D eigenvalue weighted by Crippen LogP contribution is 2.33. The van der Waals surface area contributed by atoms with E-state index in [1.807, 2.05) is 4.90 Å². The summed E-state index contributed by atoms with van der Waals surface area (Å²) >= 11 is 6.26. The lowest BCUT2D eigenvalue weighted by atomic mass is 10.1. The van der Waals surface area contributed by atoms with E-state index in [2.05, 4.69) is 5.32 Å². The predicted octanol–water partition coefficient (Wildman–Crippen LogP) is 4.09. The van der Waals surface area contributed by atoms with Crippen molar-refractivity contribution in [3.8, 4) is 11.3 Å². The predicted molar refractivity (Wildman–Crippen MR) is 119 cm³/mol. The fourth-order valence-corrected chi connectivity index (χ4v) is 3.70. The average Bonchev–Trinajstić information content (AvgIpc) is 3.29. The lowest BCUT2D eigenvalue weighted by Gasteiger charge is -2.28. The van der Waals surface area contributed by atoms with E-state index in [0.717, 1.165) is 0 Å². The molecule has 2 heterocycles. The number of nitro groups is 1. The van der Waals surface area contributed by atoms with Gasteiger partial charge in [0.05, 0.1) is 23.2 Å². The Labute approximate surface area is 188 Å². The van der Waals surface area contributed by atoms with Gasteiger partial charge in [0, 0.05) is 36.0 Å². The van der Waals surface area contributed by atoms with E-state index in [1.54, 1.807) is 42.5 Å². The molecule has 0 radical (unpaired) electrons. The Morgan fingerprint density at radius 1 is 1.16 bits per heavy atom. The summed E-state index contributed by atoms with van der Waals surface area (Å²) in [5.41, 5.74) is 1.46. The number of anilines is 2. The van der Waals surface area contributed by atoms with Crippen molar-refractivity contribution in [3.63, 3.8) is 0 Å². The third-order valence-electron chi connectivity index (χ3n) is 5.09. The monoisotopic (exact) mass is 457 g/mol. The van der Waals surface area contributed by atoms with Crippen LogP contribution in [0, 0.1) is 10.1 Å². The van der Waals surface area contributed by atoms with Crippen LogP contribution >= 0.6 is 11.6 Å². The Morgan fingerprint density at radius 2 is 1.94 bits per heavy atom. The van der Waals surface area contributed by atoms with Gasteiger partial charge in [-0.25, -0.2) is 0 Å². The van der Waals surface area contributed by atoms with Gasteiger partial charge in [-0.2, -0.15) is 0 Å². The first-order valence-corrected chi connectivity index (χ1v) is 10.3. The van der Waals surface area contributed by atoms with Gasteiger partial charge in [0.25, 0.3) is 11.6 Å². The fraction of sp³-hybridized carbons (Fsp3) is 0.227. The zero-order chi connectivity index (χ0) is 22.7. The molecule has 0 aliphatic carbocycles. The molecule has 1 amide bonds. The van der Waals surface area contributed by atoms with E-state index in [0.29, 0.717) is 59.8 Å². The third kappa shape index (κ3) is 4.59. The topological polar surface area (TPSA) is 118 Å². The molecule has 1 aliphatic heterocycles. The van der Waals surface area contributed by atoms with Gasteiger partial charge in [0.15, 0.2) is 0 Å². The van der Waals surface area contributed by atoms with Crippen LogP contribution in [0.25, 0.3) is 11.3 Å². The van der Waals surface area contributed by atoms with Crippen LogP contribution in [0.2, 0.25) is 5.02 Å². The minimum atomic E-state index is -0.495. The molecule has 1 aromatic heterocycles. The van der Waals surface area contributed by atoms with E-state index < -0.39 is 10.8 Å². The molecule has 166 valence electrons. The van der Waals surface area contributed by atoms with Crippen LogP contribution in [0.1, 0.15) is 16.1 Å². The van der Waals surface area contributed by atoms with Crippen molar-refractivity contribution in [2.45, 2.75) is 6.61 Å². The van der Waals surface area contributed by atoms with E-state index >= 15 is 0 Å². The molecule has 1 fully saturated rings. The number of benzene rings is 2. The first-order valence-electron chi connectivity index (χ1n) is 9.88. The summed E-state index contributed by atoms with van der Waals surface area (Å²) in [6.45, 7) is 1.84. The molecule has 1 aliphatic rings. The number of rotatable bonds is 6. The molecule has 4 rings (SSSR count). The number of amides is 1. The van der Waals surface area contributed by atoms with Gasteiger partial charge in [-0.05, 0) is 42.5 Å². The standard InChI is InChI=1S/C22H20ClN3O6/c23-18-4-2-15(12-17(18)21-6-3-16(13-27)32-21)24-22(28)14-1-5-19(20(11-14)26(29)30)25-7-9-31-10-8-25/h1-6,11-12,27H,7-10,13H2,(H,24,28). The number of hydrogen-bond donors (Lipinski definition) is 2. The highest BCUT2D eigenvalue weighted by atomic mass is 35.5. The van der Waals surface area contributed by atoms with E-state index in [4.69, 9.17) is 20.8 Å². The number of aliphatic hydroxyl groups excluding tert-OH is 1. The number of nitrogens with zero attached hydrogens (tertiary/aromatic N) is 2. The molecule has 10 heteroatoms. The van der Waals surface area contributed by atoms with Gasteiger partial charge in [0.2, 0.25) is 0 Å². The average molecular weight is 458 g/mol. The van der Waals surface area contributed by atoms with E-state index in [9.17, 15) is 20.0 Å². The van der Waals surface area contributed by atoms with E-state index in [1.165, 1.54) is 6.07 Å².